The lowest BCUT2D eigenvalue weighted by atomic mass is 10.0. The number of hydrogen-bond acceptors (Lipinski definition) is 3. The Morgan fingerprint density at radius 3 is 2.61 bits per heavy atom. The van der Waals surface area contributed by atoms with Gasteiger partial charge in [0.1, 0.15) is 11.1 Å². The Hall–Kier alpha value is -2.31. The summed E-state index contributed by atoms with van der Waals surface area (Å²) < 4.78 is 43.4. The quantitative estimate of drug-likeness (QED) is 0.789. The van der Waals surface area contributed by atoms with Crippen molar-refractivity contribution in [2.24, 2.45) is 5.73 Å². The van der Waals surface area contributed by atoms with E-state index in [1.165, 1.54) is 6.07 Å². The van der Waals surface area contributed by atoms with Crippen molar-refractivity contribution in [1.29, 1.82) is 0 Å². The van der Waals surface area contributed by atoms with Crippen LogP contribution in [0.3, 0.4) is 0 Å². The highest BCUT2D eigenvalue weighted by molar-refractivity contribution is 5.98. The van der Waals surface area contributed by atoms with Crippen LogP contribution in [-0.2, 0) is 6.18 Å². The average Bonchev–Trinajstić information content (AvgIpc) is 2.25. The van der Waals surface area contributed by atoms with E-state index in [1.807, 2.05) is 0 Å². The zero-order chi connectivity index (χ0) is 13.5. The van der Waals surface area contributed by atoms with Crippen LogP contribution in [0, 0.1) is 6.07 Å². The summed E-state index contributed by atoms with van der Waals surface area (Å²) in [5.74, 6) is -1.48. The third-order valence-electron chi connectivity index (χ3n) is 2.28. The second-order valence-electron chi connectivity index (χ2n) is 3.42. The summed E-state index contributed by atoms with van der Waals surface area (Å²) in [4.78, 5) is 22.3. The molecule has 7 heteroatoms. The normalized spacial score (nSPS) is 11.7. The number of halogens is 3. The van der Waals surface area contributed by atoms with Gasteiger partial charge >= 0.3 is 11.8 Å². The maximum atomic E-state index is 12.9. The molecule has 1 amide bonds. The number of primary amides is 1. The average molecular weight is 256 g/mol. The predicted molar refractivity (Wildman–Crippen MR) is 54.8 cm³/mol. The van der Waals surface area contributed by atoms with Crippen LogP contribution in [0.25, 0.3) is 11.0 Å². The fraction of sp³-hybridized carbons (Fsp3) is 0.0909. The number of carbonyl (C=O) groups is 1. The van der Waals surface area contributed by atoms with E-state index in [9.17, 15) is 22.8 Å². The number of nitrogens with two attached hydrogens (primary N) is 1. The second-order valence-corrected chi connectivity index (χ2v) is 3.42. The Morgan fingerprint density at radius 2 is 2.06 bits per heavy atom. The maximum absolute atomic E-state index is 12.9. The molecular formula is C11H5F3NO3. The molecule has 93 valence electrons. The summed E-state index contributed by atoms with van der Waals surface area (Å²) in [6, 6.07) is 5.81. The van der Waals surface area contributed by atoms with Gasteiger partial charge in [-0.2, -0.15) is 13.2 Å². The lowest BCUT2D eigenvalue weighted by Gasteiger charge is -2.12. The standard InChI is InChI=1S/C11H5F3NO3/c12-11(13,14)8-5-3-1-2-4-6(5)18-10(17)7(8)9(15)16/h1,3-4H,(H2,15,16). The van der Waals surface area contributed by atoms with Crippen LogP contribution >= 0.6 is 0 Å². The van der Waals surface area contributed by atoms with Crippen molar-refractivity contribution in [3.05, 3.63) is 45.8 Å². The van der Waals surface area contributed by atoms with Crippen molar-refractivity contribution in [1.82, 2.24) is 0 Å². The molecule has 0 saturated heterocycles. The molecule has 0 bridgehead atoms. The van der Waals surface area contributed by atoms with Crippen molar-refractivity contribution in [3.8, 4) is 0 Å². The van der Waals surface area contributed by atoms with Gasteiger partial charge in [0.15, 0.2) is 0 Å². The first-order valence-electron chi connectivity index (χ1n) is 4.66. The van der Waals surface area contributed by atoms with Gasteiger partial charge in [-0.3, -0.25) is 4.79 Å². The minimum Gasteiger partial charge on any atom is -0.422 e. The molecular weight excluding hydrogens is 251 g/mol. The first kappa shape index (κ1) is 12.2. The zero-order valence-corrected chi connectivity index (χ0v) is 8.67. The molecule has 2 rings (SSSR count). The monoisotopic (exact) mass is 256 g/mol. The first-order valence-corrected chi connectivity index (χ1v) is 4.66. The summed E-state index contributed by atoms with van der Waals surface area (Å²) in [5, 5.41) is -0.408. The lowest BCUT2D eigenvalue weighted by Crippen LogP contribution is -2.27. The molecule has 1 aromatic heterocycles. The van der Waals surface area contributed by atoms with E-state index in [2.05, 4.69) is 10.5 Å². The van der Waals surface area contributed by atoms with Crippen molar-refractivity contribution in [2.75, 3.05) is 0 Å². The van der Waals surface area contributed by atoms with Crippen molar-refractivity contribution in [2.45, 2.75) is 6.18 Å². The van der Waals surface area contributed by atoms with E-state index in [0.29, 0.717) is 0 Å². The van der Waals surface area contributed by atoms with E-state index < -0.39 is 34.2 Å². The van der Waals surface area contributed by atoms with E-state index in [4.69, 9.17) is 5.73 Å². The number of benzene rings is 1. The van der Waals surface area contributed by atoms with E-state index in [-0.39, 0.29) is 5.58 Å². The Balaban J connectivity index is 3.04. The number of amides is 1. The fourth-order valence-electron chi connectivity index (χ4n) is 1.61. The molecule has 1 radical (unpaired) electrons. The Morgan fingerprint density at radius 1 is 1.39 bits per heavy atom. The Kier molecular flexibility index (Phi) is 2.61. The van der Waals surface area contributed by atoms with Crippen LogP contribution < -0.4 is 11.4 Å². The highest BCUT2D eigenvalue weighted by atomic mass is 19.4. The molecule has 1 heterocycles. The van der Waals surface area contributed by atoms with Crippen LogP contribution in [0.1, 0.15) is 15.9 Å². The summed E-state index contributed by atoms with van der Waals surface area (Å²) in [5.41, 5.74) is 0.503. The summed E-state index contributed by atoms with van der Waals surface area (Å²) >= 11 is 0. The van der Waals surface area contributed by atoms with Crippen molar-refractivity contribution in [3.63, 3.8) is 0 Å². The molecule has 0 atom stereocenters. The van der Waals surface area contributed by atoms with Gasteiger partial charge in [-0.25, -0.2) is 4.79 Å². The summed E-state index contributed by atoms with van der Waals surface area (Å²) in [7, 11) is 0. The Bertz CT molecular complexity index is 688. The van der Waals surface area contributed by atoms with Gasteiger partial charge in [-0.15, -0.1) is 0 Å². The van der Waals surface area contributed by atoms with Crippen molar-refractivity contribution >= 4 is 16.9 Å². The molecule has 2 aromatic rings. The maximum Gasteiger partial charge on any atom is 0.418 e. The number of fused-ring (bicyclic) bond motifs is 1. The SMILES string of the molecule is NC(=O)c1c(C(F)(F)F)c2cc[c]cc2oc1=O. The van der Waals surface area contributed by atoms with Crippen LogP contribution in [0.5, 0.6) is 0 Å². The number of rotatable bonds is 1. The minimum absolute atomic E-state index is 0.306. The smallest absolute Gasteiger partial charge is 0.418 e. The van der Waals surface area contributed by atoms with Gasteiger partial charge in [0.25, 0.3) is 5.91 Å². The molecule has 0 saturated carbocycles. The molecule has 0 unspecified atom stereocenters. The zero-order valence-electron chi connectivity index (χ0n) is 8.67. The van der Waals surface area contributed by atoms with Crippen LogP contribution in [-0.4, -0.2) is 5.91 Å². The van der Waals surface area contributed by atoms with E-state index in [0.717, 1.165) is 12.1 Å². The fourth-order valence-corrected chi connectivity index (χ4v) is 1.61. The third-order valence-corrected chi connectivity index (χ3v) is 2.28. The molecule has 1 aromatic carbocycles. The van der Waals surface area contributed by atoms with E-state index >= 15 is 0 Å². The van der Waals surface area contributed by atoms with Gasteiger partial charge < -0.3 is 10.2 Å². The number of carbonyl (C=O) groups excluding carboxylic acids is 1. The largest absolute Gasteiger partial charge is 0.422 e. The molecule has 0 aliphatic carbocycles. The van der Waals surface area contributed by atoms with Gasteiger partial charge in [0, 0.05) is 5.39 Å². The molecule has 0 aliphatic heterocycles. The molecule has 18 heavy (non-hydrogen) atoms. The third kappa shape index (κ3) is 1.83. The molecule has 2 N–H and O–H groups in total. The molecule has 0 fully saturated rings. The van der Waals surface area contributed by atoms with Gasteiger partial charge in [-0.1, -0.05) is 6.07 Å². The van der Waals surface area contributed by atoms with Crippen LogP contribution in [0.2, 0.25) is 0 Å². The number of alkyl halides is 3. The molecule has 0 aliphatic rings. The summed E-state index contributed by atoms with van der Waals surface area (Å²) in [6.45, 7) is 0. The highest BCUT2D eigenvalue weighted by Gasteiger charge is 2.39. The van der Waals surface area contributed by atoms with Crippen LogP contribution in [0.15, 0.2) is 27.4 Å². The van der Waals surface area contributed by atoms with Gasteiger partial charge in [0.2, 0.25) is 0 Å². The first-order chi connectivity index (χ1) is 8.32. The highest BCUT2D eigenvalue weighted by Crippen LogP contribution is 2.35. The predicted octanol–water partition coefficient (Wildman–Crippen LogP) is 1.71. The molecule has 0 spiro atoms. The number of hydrogen-bond donors (Lipinski definition) is 1. The van der Waals surface area contributed by atoms with E-state index in [1.54, 1.807) is 0 Å². The summed E-state index contributed by atoms with van der Waals surface area (Å²) in [6.07, 6.45) is -4.89. The Labute approximate surface area is 97.8 Å². The van der Waals surface area contributed by atoms with Crippen LogP contribution in [0.4, 0.5) is 13.2 Å². The lowest BCUT2D eigenvalue weighted by molar-refractivity contribution is -0.136. The molecule has 4 nitrogen and oxygen atoms in total. The topological polar surface area (TPSA) is 73.3 Å². The van der Waals surface area contributed by atoms with Gasteiger partial charge in [0.05, 0.1) is 5.56 Å². The van der Waals surface area contributed by atoms with Gasteiger partial charge in [-0.05, 0) is 18.2 Å². The second kappa shape index (κ2) is 3.86. The van der Waals surface area contributed by atoms with Crippen molar-refractivity contribution < 1.29 is 22.4 Å². The minimum atomic E-state index is -4.89.